The molecule has 1 N–H and O–H groups in total. The Morgan fingerprint density at radius 3 is 2.75 bits per heavy atom. The third-order valence-corrected chi connectivity index (χ3v) is 9.64. The highest BCUT2D eigenvalue weighted by molar-refractivity contribution is 9.10. The maximum atomic E-state index is 14.2. The van der Waals surface area contributed by atoms with Crippen molar-refractivity contribution in [3.8, 4) is 5.75 Å². The number of ether oxygens (including phenoxy) is 2. The number of halogens is 1. The molecule has 1 atom stereocenters. The van der Waals surface area contributed by atoms with E-state index in [1.807, 2.05) is 36.4 Å². The zero-order chi connectivity index (χ0) is 31.1. The number of fused-ring (bicyclic) bond motifs is 2. The maximum Gasteiger partial charge on any atom is 0.338 e. The van der Waals surface area contributed by atoms with Crippen molar-refractivity contribution in [2.75, 3.05) is 13.7 Å². The fourth-order valence-electron chi connectivity index (χ4n) is 5.13. The molecule has 44 heavy (non-hydrogen) atoms. The molecule has 0 bridgehead atoms. The van der Waals surface area contributed by atoms with E-state index >= 15 is 0 Å². The topological polar surface area (TPSA) is 129 Å². The molecule has 0 aliphatic carbocycles. The highest BCUT2D eigenvalue weighted by Crippen LogP contribution is 2.40. The Labute approximate surface area is 266 Å². The number of allylic oxidation sites excluding steroid dienone is 1. The van der Waals surface area contributed by atoms with Crippen LogP contribution in [0.4, 0.5) is 0 Å². The van der Waals surface area contributed by atoms with Crippen LogP contribution in [0.3, 0.4) is 0 Å². The molecule has 1 aliphatic rings. The SMILES string of the molecule is CCOC(=O)C1=C(C)N=c2s/c(=C/c3cc(Br)c(Sc4nc(C)cc(=O)[nH]4)o3)c(=O)n2[C@@H]1c1c(OC)ccc2ccccc12. The van der Waals surface area contributed by atoms with Gasteiger partial charge < -0.3 is 18.9 Å². The lowest BCUT2D eigenvalue weighted by atomic mass is 9.90. The fourth-order valence-corrected chi connectivity index (χ4v) is 7.51. The van der Waals surface area contributed by atoms with Crippen molar-refractivity contribution in [3.05, 3.63) is 111 Å². The van der Waals surface area contributed by atoms with Crippen LogP contribution in [0.1, 0.15) is 36.9 Å². The lowest BCUT2D eigenvalue weighted by Crippen LogP contribution is -2.40. The number of aryl methyl sites for hydroxylation is 1. The van der Waals surface area contributed by atoms with Gasteiger partial charge in [0.05, 0.1) is 34.0 Å². The van der Waals surface area contributed by atoms with Gasteiger partial charge in [0.1, 0.15) is 17.6 Å². The van der Waals surface area contributed by atoms with Crippen molar-refractivity contribution in [1.82, 2.24) is 14.5 Å². The van der Waals surface area contributed by atoms with E-state index in [4.69, 9.17) is 13.9 Å². The number of nitrogens with one attached hydrogen (secondary N) is 1. The second-order valence-corrected chi connectivity index (χ2v) is 12.6. The van der Waals surface area contributed by atoms with E-state index in [9.17, 15) is 14.4 Å². The van der Waals surface area contributed by atoms with Gasteiger partial charge in [-0.05, 0) is 71.4 Å². The van der Waals surface area contributed by atoms with Crippen LogP contribution in [0.5, 0.6) is 5.75 Å². The molecule has 10 nitrogen and oxygen atoms in total. The molecule has 0 unspecified atom stereocenters. The van der Waals surface area contributed by atoms with E-state index in [1.54, 1.807) is 40.0 Å². The fraction of sp³-hybridized carbons (Fsp3) is 0.194. The number of esters is 1. The number of carbonyl (C=O) groups excluding carboxylic acids is 1. The summed E-state index contributed by atoms with van der Waals surface area (Å²) in [4.78, 5) is 51.6. The molecule has 0 spiro atoms. The average molecular weight is 694 g/mol. The second-order valence-electron chi connectivity index (χ2n) is 9.78. The number of thiazole rings is 1. The minimum atomic E-state index is -0.854. The van der Waals surface area contributed by atoms with Gasteiger partial charge in [0.2, 0.25) is 0 Å². The number of carbonyl (C=O) groups is 1. The van der Waals surface area contributed by atoms with Gasteiger partial charge in [0, 0.05) is 23.4 Å². The molecule has 224 valence electrons. The van der Waals surface area contributed by atoms with Crippen LogP contribution in [0.25, 0.3) is 16.8 Å². The summed E-state index contributed by atoms with van der Waals surface area (Å²) < 4.78 is 19.8. The molecule has 5 aromatic rings. The number of rotatable bonds is 7. The maximum absolute atomic E-state index is 14.2. The highest BCUT2D eigenvalue weighted by Gasteiger charge is 2.36. The Hall–Kier alpha value is -4.20. The Balaban J connectivity index is 1.53. The number of benzene rings is 2. The molecular formula is C31H25BrN4O6S2. The molecule has 4 heterocycles. The first kappa shape index (κ1) is 29.9. The van der Waals surface area contributed by atoms with Crippen molar-refractivity contribution in [2.24, 2.45) is 4.99 Å². The number of aromatic amines is 1. The van der Waals surface area contributed by atoms with E-state index in [0.29, 0.717) is 52.5 Å². The number of aromatic nitrogens is 3. The highest BCUT2D eigenvalue weighted by atomic mass is 79.9. The number of hydrogen-bond donors (Lipinski definition) is 1. The largest absolute Gasteiger partial charge is 0.496 e. The smallest absolute Gasteiger partial charge is 0.338 e. The van der Waals surface area contributed by atoms with E-state index in [2.05, 4.69) is 30.9 Å². The van der Waals surface area contributed by atoms with Gasteiger partial charge in [-0.15, -0.1) is 0 Å². The quantitative estimate of drug-likeness (QED) is 0.189. The first-order valence-corrected chi connectivity index (χ1v) is 15.9. The number of H-pyrrole nitrogens is 1. The Morgan fingerprint density at radius 2 is 2.00 bits per heavy atom. The zero-order valence-corrected chi connectivity index (χ0v) is 27.2. The lowest BCUT2D eigenvalue weighted by molar-refractivity contribution is -0.139. The van der Waals surface area contributed by atoms with Crippen molar-refractivity contribution in [2.45, 2.75) is 37.1 Å². The summed E-state index contributed by atoms with van der Waals surface area (Å²) in [6, 6.07) is 13.8. The van der Waals surface area contributed by atoms with Gasteiger partial charge in [0.25, 0.3) is 11.1 Å². The van der Waals surface area contributed by atoms with E-state index < -0.39 is 12.0 Å². The third-order valence-electron chi connectivity index (χ3n) is 6.93. The predicted octanol–water partition coefficient (Wildman–Crippen LogP) is 4.86. The normalized spacial score (nSPS) is 14.9. The lowest BCUT2D eigenvalue weighted by Gasteiger charge is -2.27. The van der Waals surface area contributed by atoms with Gasteiger partial charge in [-0.2, -0.15) is 0 Å². The summed E-state index contributed by atoms with van der Waals surface area (Å²) in [6.07, 6.45) is 1.63. The minimum Gasteiger partial charge on any atom is -0.496 e. The van der Waals surface area contributed by atoms with Crippen molar-refractivity contribution in [1.29, 1.82) is 0 Å². The van der Waals surface area contributed by atoms with Crippen LogP contribution in [0, 0.1) is 6.92 Å². The van der Waals surface area contributed by atoms with Gasteiger partial charge in [-0.3, -0.25) is 14.2 Å². The van der Waals surface area contributed by atoms with Crippen LogP contribution >= 0.6 is 39.0 Å². The monoisotopic (exact) mass is 692 g/mol. The molecule has 0 radical (unpaired) electrons. The number of hydrogen-bond acceptors (Lipinski definition) is 10. The Bertz CT molecular complexity index is 2230. The number of nitrogens with zero attached hydrogens (tertiary/aromatic N) is 3. The molecule has 13 heteroatoms. The third kappa shape index (κ3) is 5.46. The zero-order valence-electron chi connectivity index (χ0n) is 24.0. The van der Waals surface area contributed by atoms with Crippen LogP contribution in [-0.2, 0) is 9.53 Å². The Kier molecular flexibility index (Phi) is 8.18. The van der Waals surface area contributed by atoms with E-state index in [-0.39, 0.29) is 23.3 Å². The molecule has 0 fully saturated rings. The standard InChI is InChI=1S/C31H25BrN4O6S2/c1-5-41-28(39)24-16(3)34-31-36(26(24)25-19-9-7-6-8-17(19)10-11-21(25)40-4)27(38)22(43-31)14-18-13-20(32)29(42-18)44-30-33-15(2)12-23(37)35-30/h6-14,26H,5H2,1-4H3,(H,33,35,37)/b22-14+/t26-/m0/s1. The first-order chi connectivity index (χ1) is 21.2. The molecule has 0 saturated carbocycles. The van der Waals surface area contributed by atoms with Gasteiger partial charge in [-0.1, -0.05) is 41.7 Å². The number of methoxy groups -OCH3 is 1. The van der Waals surface area contributed by atoms with Crippen LogP contribution in [-0.4, -0.2) is 34.2 Å². The molecule has 0 saturated heterocycles. The van der Waals surface area contributed by atoms with Crippen LogP contribution in [0.2, 0.25) is 0 Å². The average Bonchev–Trinajstić information content (AvgIpc) is 3.48. The van der Waals surface area contributed by atoms with Gasteiger partial charge in [0.15, 0.2) is 15.1 Å². The summed E-state index contributed by atoms with van der Waals surface area (Å²) in [7, 11) is 1.56. The molecule has 3 aromatic heterocycles. The van der Waals surface area contributed by atoms with Gasteiger partial charge in [-0.25, -0.2) is 14.8 Å². The summed E-state index contributed by atoms with van der Waals surface area (Å²) >= 11 is 5.83. The summed E-state index contributed by atoms with van der Waals surface area (Å²) in [6.45, 7) is 5.37. The van der Waals surface area contributed by atoms with Crippen LogP contribution < -0.4 is 25.2 Å². The molecule has 0 amide bonds. The van der Waals surface area contributed by atoms with E-state index in [1.165, 1.54) is 22.0 Å². The minimum absolute atomic E-state index is 0.166. The van der Waals surface area contributed by atoms with Crippen molar-refractivity contribution >= 4 is 61.8 Å². The molecular weight excluding hydrogens is 668 g/mol. The van der Waals surface area contributed by atoms with Crippen molar-refractivity contribution < 1.29 is 18.7 Å². The summed E-state index contributed by atoms with van der Waals surface area (Å²) in [5.74, 6) is 0.377. The summed E-state index contributed by atoms with van der Waals surface area (Å²) in [5, 5.41) is 2.60. The molecule has 1 aliphatic heterocycles. The molecule has 6 rings (SSSR count). The second kappa shape index (κ2) is 12.1. The first-order valence-electron chi connectivity index (χ1n) is 13.5. The Morgan fingerprint density at radius 1 is 1.20 bits per heavy atom. The molecule has 2 aromatic carbocycles. The number of furan rings is 1. The van der Waals surface area contributed by atoms with Crippen molar-refractivity contribution in [3.63, 3.8) is 0 Å². The van der Waals surface area contributed by atoms with Gasteiger partial charge >= 0.3 is 5.97 Å². The summed E-state index contributed by atoms with van der Waals surface area (Å²) in [5.41, 5.74) is 1.34. The predicted molar refractivity (Wildman–Crippen MR) is 171 cm³/mol. The van der Waals surface area contributed by atoms with Crippen LogP contribution in [0.15, 0.2) is 93.5 Å². The van der Waals surface area contributed by atoms with E-state index in [0.717, 1.165) is 22.5 Å².